The number of rotatable bonds is 3. The van der Waals surface area contributed by atoms with Crippen molar-refractivity contribution >= 4 is 0 Å². The van der Waals surface area contributed by atoms with Gasteiger partial charge in [-0.3, -0.25) is 0 Å². The smallest absolute Gasteiger partial charge is 0.0128 e. The Bertz CT molecular complexity index is 386. The van der Waals surface area contributed by atoms with Gasteiger partial charge < -0.3 is 0 Å². The Hall–Kier alpha value is -0.780. The molecule has 0 radical (unpaired) electrons. The Morgan fingerprint density at radius 3 is 2.39 bits per heavy atom. The Kier molecular flexibility index (Phi) is 3.21. The van der Waals surface area contributed by atoms with Gasteiger partial charge in [-0.15, -0.1) is 0 Å². The highest BCUT2D eigenvalue weighted by Gasteiger charge is 2.63. The van der Waals surface area contributed by atoms with E-state index >= 15 is 0 Å². The molecule has 1 spiro atoms. The zero-order chi connectivity index (χ0) is 12.6. The molecule has 3 rings (SSSR count). The molecular weight excluding hydrogens is 216 g/mol. The monoisotopic (exact) mass is 242 g/mol. The van der Waals surface area contributed by atoms with Crippen molar-refractivity contribution in [3.63, 3.8) is 0 Å². The van der Waals surface area contributed by atoms with Crippen molar-refractivity contribution in [3.05, 3.63) is 35.9 Å². The molecule has 0 nitrogen and oxygen atoms in total. The second kappa shape index (κ2) is 4.72. The van der Waals surface area contributed by atoms with Crippen LogP contribution in [0.4, 0.5) is 0 Å². The third kappa shape index (κ3) is 1.81. The third-order valence-corrected chi connectivity index (χ3v) is 5.89. The van der Waals surface area contributed by atoms with Gasteiger partial charge in [-0.25, -0.2) is 0 Å². The van der Waals surface area contributed by atoms with Gasteiger partial charge in [-0.05, 0) is 48.0 Å². The van der Waals surface area contributed by atoms with Crippen LogP contribution in [0.25, 0.3) is 0 Å². The maximum Gasteiger partial charge on any atom is -0.0128 e. The molecule has 0 bridgehead atoms. The van der Waals surface area contributed by atoms with Crippen LogP contribution < -0.4 is 0 Å². The Morgan fingerprint density at radius 1 is 1.11 bits per heavy atom. The largest absolute Gasteiger partial charge is 0.0648 e. The molecule has 0 saturated heterocycles. The molecule has 3 atom stereocenters. The zero-order valence-electron chi connectivity index (χ0n) is 11.9. The van der Waals surface area contributed by atoms with E-state index in [1.807, 2.05) is 0 Å². The molecule has 1 aromatic rings. The first-order valence-electron chi connectivity index (χ1n) is 7.84. The minimum Gasteiger partial charge on any atom is -0.0648 e. The van der Waals surface area contributed by atoms with Crippen molar-refractivity contribution in [2.75, 3.05) is 0 Å². The van der Waals surface area contributed by atoms with E-state index in [1.54, 1.807) is 5.56 Å². The Balaban J connectivity index is 1.82. The van der Waals surface area contributed by atoms with E-state index in [0.717, 1.165) is 23.2 Å². The van der Waals surface area contributed by atoms with Gasteiger partial charge in [0, 0.05) is 0 Å². The minimum absolute atomic E-state index is 0.731. The van der Waals surface area contributed by atoms with Gasteiger partial charge in [0.25, 0.3) is 0 Å². The van der Waals surface area contributed by atoms with Crippen LogP contribution >= 0.6 is 0 Å². The number of hydrogen-bond acceptors (Lipinski definition) is 0. The second-order valence-corrected chi connectivity index (χ2v) is 6.53. The molecule has 2 fully saturated rings. The summed E-state index contributed by atoms with van der Waals surface area (Å²) in [5.74, 6) is 2.73. The Labute approximate surface area is 112 Å². The maximum absolute atomic E-state index is 2.52. The highest BCUT2D eigenvalue weighted by molar-refractivity contribution is 5.26. The van der Waals surface area contributed by atoms with Crippen LogP contribution in [0.3, 0.4) is 0 Å². The summed E-state index contributed by atoms with van der Waals surface area (Å²) in [6.45, 7) is 4.89. The summed E-state index contributed by atoms with van der Waals surface area (Å²) >= 11 is 0. The molecule has 2 aliphatic rings. The average molecular weight is 242 g/mol. The molecule has 2 aliphatic carbocycles. The van der Waals surface area contributed by atoms with E-state index in [4.69, 9.17) is 0 Å². The SMILES string of the molecule is CCC(c1ccccc1)C1C(C)C12CCCCC2. The zero-order valence-corrected chi connectivity index (χ0v) is 11.9. The molecule has 0 heterocycles. The van der Waals surface area contributed by atoms with Gasteiger partial charge in [0.1, 0.15) is 0 Å². The molecular formula is C18H26. The highest BCUT2D eigenvalue weighted by Crippen LogP contribution is 2.70. The first-order valence-corrected chi connectivity index (χ1v) is 7.84. The highest BCUT2D eigenvalue weighted by atomic mass is 14.7. The molecule has 0 aliphatic heterocycles. The van der Waals surface area contributed by atoms with Crippen LogP contribution in [0, 0.1) is 17.3 Å². The molecule has 0 amide bonds. The molecule has 98 valence electrons. The van der Waals surface area contributed by atoms with Crippen LogP contribution in [0.5, 0.6) is 0 Å². The predicted molar refractivity (Wildman–Crippen MR) is 77.6 cm³/mol. The second-order valence-electron chi connectivity index (χ2n) is 6.53. The van der Waals surface area contributed by atoms with E-state index in [-0.39, 0.29) is 0 Å². The quantitative estimate of drug-likeness (QED) is 0.666. The van der Waals surface area contributed by atoms with E-state index in [1.165, 1.54) is 38.5 Å². The van der Waals surface area contributed by atoms with Gasteiger partial charge in [-0.1, -0.05) is 63.4 Å². The lowest BCUT2D eigenvalue weighted by Gasteiger charge is -2.26. The Morgan fingerprint density at radius 2 is 1.78 bits per heavy atom. The molecule has 0 aromatic heterocycles. The molecule has 0 heteroatoms. The molecule has 0 N–H and O–H groups in total. The van der Waals surface area contributed by atoms with Crippen LogP contribution in [-0.2, 0) is 0 Å². The summed E-state index contributed by atoms with van der Waals surface area (Å²) in [6, 6.07) is 11.2. The van der Waals surface area contributed by atoms with Crippen molar-refractivity contribution in [1.29, 1.82) is 0 Å². The van der Waals surface area contributed by atoms with Gasteiger partial charge in [0.05, 0.1) is 0 Å². The van der Waals surface area contributed by atoms with Gasteiger partial charge in [0.2, 0.25) is 0 Å². The first-order chi connectivity index (χ1) is 8.79. The van der Waals surface area contributed by atoms with Gasteiger partial charge in [-0.2, -0.15) is 0 Å². The molecule has 3 unspecified atom stereocenters. The van der Waals surface area contributed by atoms with Crippen molar-refractivity contribution < 1.29 is 0 Å². The number of benzene rings is 1. The topological polar surface area (TPSA) is 0 Å². The summed E-state index contributed by atoms with van der Waals surface area (Å²) < 4.78 is 0. The van der Waals surface area contributed by atoms with Gasteiger partial charge >= 0.3 is 0 Å². The van der Waals surface area contributed by atoms with Crippen molar-refractivity contribution in [3.8, 4) is 0 Å². The fourth-order valence-corrected chi connectivity index (χ4v) is 4.88. The lowest BCUT2D eigenvalue weighted by atomic mass is 9.79. The van der Waals surface area contributed by atoms with E-state index in [9.17, 15) is 0 Å². The van der Waals surface area contributed by atoms with Crippen LogP contribution in [0.15, 0.2) is 30.3 Å². The van der Waals surface area contributed by atoms with Crippen LogP contribution in [-0.4, -0.2) is 0 Å². The first kappa shape index (κ1) is 12.3. The molecule has 2 saturated carbocycles. The van der Waals surface area contributed by atoms with E-state index in [0.29, 0.717) is 0 Å². The standard InChI is InChI=1S/C18H26/c1-3-16(15-10-6-4-7-11-15)17-14(2)18(17)12-8-5-9-13-18/h4,6-7,10-11,14,16-17H,3,5,8-9,12-13H2,1-2H3. The van der Waals surface area contributed by atoms with E-state index < -0.39 is 0 Å². The van der Waals surface area contributed by atoms with Crippen molar-refractivity contribution in [2.24, 2.45) is 17.3 Å². The normalized spacial score (nSPS) is 31.2. The van der Waals surface area contributed by atoms with Crippen LogP contribution in [0.2, 0.25) is 0 Å². The summed E-state index contributed by atoms with van der Waals surface area (Å²) in [5.41, 5.74) is 2.31. The van der Waals surface area contributed by atoms with Crippen molar-refractivity contribution in [2.45, 2.75) is 58.3 Å². The maximum atomic E-state index is 2.52. The third-order valence-electron chi connectivity index (χ3n) is 5.89. The minimum atomic E-state index is 0.731. The number of hydrogen-bond donors (Lipinski definition) is 0. The lowest BCUT2D eigenvalue weighted by Crippen LogP contribution is -2.14. The summed E-state index contributed by atoms with van der Waals surface area (Å²) in [4.78, 5) is 0. The fourth-order valence-electron chi connectivity index (χ4n) is 4.88. The lowest BCUT2D eigenvalue weighted by molar-refractivity contribution is 0.281. The van der Waals surface area contributed by atoms with E-state index in [2.05, 4.69) is 44.2 Å². The fraction of sp³-hybridized carbons (Fsp3) is 0.667. The molecule has 18 heavy (non-hydrogen) atoms. The summed E-state index contributed by atoms with van der Waals surface area (Å²) in [7, 11) is 0. The predicted octanol–water partition coefficient (Wildman–Crippen LogP) is 5.40. The average Bonchev–Trinajstić information content (AvgIpc) is 2.97. The molecule has 1 aromatic carbocycles. The van der Waals surface area contributed by atoms with Gasteiger partial charge in [0.15, 0.2) is 0 Å². The van der Waals surface area contributed by atoms with Crippen LogP contribution in [0.1, 0.15) is 63.9 Å². The summed E-state index contributed by atoms with van der Waals surface area (Å²) in [6.07, 6.45) is 8.74. The van der Waals surface area contributed by atoms with Crippen molar-refractivity contribution in [1.82, 2.24) is 0 Å². The summed E-state index contributed by atoms with van der Waals surface area (Å²) in [5, 5.41) is 0.